The van der Waals surface area contributed by atoms with E-state index in [4.69, 9.17) is 0 Å². The summed E-state index contributed by atoms with van der Waals surface area (Å²) >= 11 is 0. The second-order valence-electron chi connectivity index (χ2n) is 1.46. The maximum atomic E-state index is 9.87. The van der Waals surface area contributed by atoms with Crippen molar-refractivity contribution in [1.82, 2.24) is 0 Å². The zero-order valence-corrected chi connectivity index (χ0v) is 5.98. The number of hydrogen-bond donors (Lipinski definition) is 0. The van der Waals surface area contributed by atoms with E-state index in [1.807, 2.05) is 0 Å². The van der Waals surface area contributed by atoms with Crippen molar-refractivity contribution >= 4 is 10.1 Å². The minimum absolute atomic E-state index is 0.00231. The lowest BCUT2D eigenvalue weighted by Gasteiger charge is -2.04. The molecule has 0 unspecified atom stereocenters. The molecular weight excluding hydrogens is 144 g/mol. The predicted octanol–water partition coefficient (Wildman–Crippen LogP) is -0.432. The molecule has 9 heavy (non-hydrogen) atoms. The van der Waals surface area contributed by atoms with Crippen LogP contribution in [0.15, 0.2) is 0 Å². The molecule has 0 fully saturated rings. The van der Waals surface area contributed by atoms with Gasteiger partial charge in [-0.2, -0.15) is 0 Å². The minimum atomic E-state index is -4.07. The summed E-state index contributed by atoms with van der Waals surface area (Å²) < 4.78 is 34.2. The fourth-order valence-corrected chi connectivity index (χ4v) is 0.627. The lowest BCUT2D eigenvalue weighted by Crippen LogP contribution is -2.10. The highest BCUT2D eigenvalue weighted by Gasteiger charge is 1.92. The van der Waals surface area contributed by atoms with Gasteiger partial charge in [-0.1, -0.05) is 0 Å². The summed E-state index contributed by atoms with van der Waals surface area (Å²) in [6.45, 7) is 2.18. The molecule has 0 aromatic heterocycles. The molecule has 0 amide bonds. The Morgan fingerprint density at radius 3 is 2.44 bits per heavy atom. The monoisotopic (exact) mass is 153 g/mol. The highest BCUT2D eigenvalue weighted by atomic mass is 32.2. The maximum absolute atomic E-state index is 9.87. The molecule has 0 aliphatic carbocycles. The van der Waals surface area contributed by atoms with Gasteiger partial charge in [-0.3, -0.25) is 0 Å². The molecule has 0 rings (SSSR count). The molecule has 0 aliphatic rings. The SMILES string of the molecule is CCOCCS(=O)(=O)[O-]. The van der Waals surface area contributed by atoms with Crippen LogP contribution in [0.25, 0.3) is 0 Å². The molecule has 0 spiro atoms. The van der Waals surface area contributed by atoms with Crippen LogP contribution in [0.2, 0.25) is 0 Å². The summed E-state index contributed by atoms with van der Waals surface area (Å²) in [4.78, 5) is 0. The third-order valence-electron chi connectivity index (χ3n) is 0.682. The Kier molecular flexibility index (Phi) is 3.76. The highest BCUT2D eigenvalue weighted by Crippen LogP contribution is 1.81. The van der Waals surface area contributed by atoms with E-state index in [-0.39, 0.29) is 6.61 Å². The molecule has 5 heteroatoms. The van der Waals surface area contributed by atoms with Crippen LogP contribution in [0.4, 0.5) is 0 Å². The number of rotatable bonds is 4. The van der Waals surface area contributed by atoms with Gasteiger partial charge in [0.1, 0.15) is 0 Å². The van der Waals surface area contributed by atoms with Crippen molar-refractivity contribution in [3.05, 3.63) is 0 Å². The summed E-state index contributed by atoms with van der Waals surface area (Å²) in [5.41, 5.74) is 0. The van der Waals surface area contributed by atoms with Crippen molar-refractivity contribution in [2.75, 3.05) is 19.0 Å². The lowest BCUT2D eigenvalue weighted by atomic mass is 10.8. The van der Waals surface area contributed by atoms with Crippen LogP contribution in [-0.2, 0) is 14.9 Å². The molecule has 4 nitrogen and oxygen atoms in total. The van der Waals surface area contributed by atoms with E-state index >= 15 is 0 Å². The number of hydrogen-bond acceptors (Lipinski definition) is 4. The zero-order valence-electron chi connectivity index (χ0n) is 5.16. The summed E-state index contributed by atoms with van der Waals surface area (Å²) in [6, 6.07) is 0. The molecule has 0 aromatic carbocycles. The largest absolute Gasteiger partial charge is 0.748 e. The van der Waals surface area contributed by atoms with Crippen LogP contribution in [0.1, 0.15) is 6.92 Å². The Morgan fingerprint density at radius 2 is 2.11 bits per heavy atom. The van der Waals surface area contributed by atoms with Crippen molar-refractivity contribution in [1.29, 1.82) is 0 Å². The Hall–Kier alpha value is -0.130. The molecule has 56 valence electrons. The summed E-state index contributed by atoms with van der Waals surface area (Å²) in [6.07, 6.45) is 0. The van der Waals surface area contributed by atoms with Crippen LogP contribution in [0.5, 0.6) is 0 Å². The topological polar surface area (TPSA) is 66.4 Å². The van der Waals surface area contributed by atoms with Crippen molar-refractivity contribution in [2.45, 2.75) is 6.92 Å². The van der Waals surface area contributed by atoms with E-state index in [0.717, 1.165) is 0 Å². The van der Waals surface area contributed by atoms with Crippen molar-refractivity contribution in [3.8, 4) is 0 Å². The van der Waals surface area contributed by atoms with Crippen LogP contribution >= 0.6 is 0 Å². The molecule has 0 N–H and O–H groups in total. The van der Waals surface area contributed by atoms with E-state index in [1.165, 1.54) is 0 Å². The molecule has 0 radical (unpaired) electrons. The second-order valence-corrected chi connectivity index (χ2v) is 2.98. The Balaban J connectivity index is 3.30. The molecule has 0 aromatic rings. The van der Waals surface area contributed by atoms with E-state index in [9.17, 15) is 13.0 Å². The van der Waals surface area contributed by atoms with E-state index < -0.39 is 15.9 Å². The Bertz CT molecular complexity index is 148. The standard InChI is InChI=1S/C4H10O4S/c1-2-8-3-4-9(5,6)7/h2-4H2,1H3,(H,5,6,7)/p-1. The van der Waals surface area contributed by atoms with Crippen molar-refractivity contribution in [3.63, 3.8) is 0 Å². The minimum Gasteiger partial charge on any atom is -0.748 e. The normalized spacial score (nSPS) is 11.8. The van der Waals surface area contributed by atoms with Gasteiger partial charge in [0.25, 0.3) is 0 Å². The average molecular weight is 153 g/mol. The fraction of sp³-hybridized carbons (Fsp3) is 1.00. The van der Waals surface area contributed by atoms with Gasteiger partial charge in [-0.05, 0) is 6.92 Å². The molecule has 0 bridgehead atoms. The summed E-state index contributed by atoms with van der Waals surface area (Å²) in [5, 5.41) is 0. The molecular formula is C4H9O4S-. The summed E-state index contributed by atoms with van der Waals surface area (Å²) in [5.74, 6) is -0.430. The molecule has 0 saturated heterocycles. The fourth-order valence-electron chi connectivity index (χ4n) is 0.305. The first-order chi connectivity index (χ1) is 4.06. The van der Waals surface area contributed by atoms with Crippen molar-refractivity contribution < 1.29 is 17.7 Å². The second kappa shape index (κ2) is 3.81. The van der Waals surface area contributed by atoms with E-state index in [1.54, 1.807) is 6.92 Å². The summed E-state index contributed by atoms with van der Waals surface area (Å²) in [7, 11) is -4.07. The first-order valence-electron chi connectivity index (χ1n) is 2.57. The molecule has 0 saturated carbocycles. The smallest absolute Gasteiger partial charge is 0.0968 e. The van der Waals surface area contributed by atoms with Gasteiger partial charge in [0, 0.05) is 6.61 Å². The van der Waals surface area contributed by atoms with E-state index in [2.05, 4.69) is 4.74 Å². The molecule has 0 heterocycles. The Morgan fingerprint density at radius 1 is 1.56 bits per heavy atom. The Labute approximate surface area is 54.6 Å². The highest BCUT2D eigenvalue weighted by molar-refractivity contribution is 7.85. The van der Waals surface area contributed by atoms with Crippen molar-refractivity contribution in [2.24, 2.45) is 0 Å². The lowest BCUT2D eigenvalue weighted by molar-refractivity contribution is 0.162. The van der Waals surface area contributed by atoms with E-state index in [0.29, 0.717) is 6.61 Å². The first-order valence-corrected chi connectivity index (χ1v) is 4.15. The van der Waals surface area contributed by atoms with Crippen LogP contribution in [0.3, 0.4) is 0 Å². The molecule has 0 atom stereocenters. The van der Waals surface area contributed by atoms with Gasteiger partial charge in [0.05, 0.1) is 22.5 Å². The molecule has 0 aliphatic heterocycles. The first kappa shape index (κ1) is 8.87. The van der Waals surface area contributed by atoms with Gasteiger partial charge in [-0.15, -0.1) is 0 Å². The van der Waals surface area contributed by atoms with Gasteiger partial charge in [0.15, 0.2) is 0 Å². The number of ether oxygens (including phenoxy) is 1. The van der Waals surface area contributed by atoms with Gasteiger partial charge < -0.3 is 9.29 Å². The third kappa shape index (κ3) is 7.87. The van der Waals surface area contributed by atoms with Gasteiger partial charge in [-0.25, -0.2) is 8.42 Å². The van der Waals surface area contributed by atoms with Crippen LogP contribution in [0, 0.1) is 0 Å². The van der Waals surface area contributed by atoms with Gasteiger partial charge in [0.2, 0.25) is 0 Å². The quantitative estimate of drug-likeness (QED) is 0.406. The van der Waals surface area contributed by atoms with Gasteiger partial charge >= 0.3 is 0 Å². The third-order valence-corrected chi connectivity index (χ3v) is 1.35. The maximum Gasteiger partial charge on any atom is 0.0968 e. The van der Waals surface area contributed by atoms with Crippen LogP contribution in [-0.4, -0.2) is 31.9 Å². The predicted molar refractivity (Wildman–Crippen MR) is 31.1 cm³/mol. The zero-order chi connectivity index (χ0) is 7.33. The van der Waals surface area contributed by atoms with Crippen LogP contribution < -0.4 is 0 Å². The average Bonchev–Trinajstić information content (AvgIpc) is 1.63.